The Balaban J connectivity index is 1.90. The third-order valence-corrected chi connectivity index (χ3v) is 3.64. The van der Waals surface area contributed by atoms with Gasteiger partial charge < -0.3 is 10.0 Å². The molecule has 2 rings (SSSR count). The molecule has 3 nitrogen and oxygen atoms in total. The molecule has 2 atom stereocenters. The molecule has 2 aliphatic rings. The summed E-state index contributed by atoms with van der Waals surface area (Å²) in [6.45, 7) is 4.79. The zero-order valence-electron chi connectivity index (χ0n) is 8.45. The summed E-state index contributed by atoms with van der Waals surface area (Å²) in [5, 5.41) is 8.87. The highest BCUT2D eigenvalue weighted by Crippen LogP contribution is 2.29. The molecule has 0 aromatic carbocycles. The van der Waals surface area contributed by atoms with Crippen molar-refractivity contribution in [1.82, 2.24) is 9.80 Å². The molecule has 2 fully saturated rings. The first-order valence-corrected chi connectivity index (χ1v) is 5.34. The number of nitrogens with zero attached hydrogens (tertiary/aromatic N) is 2. The van der Waals surface area contributed by atoms with Crippen molar-refractivity contribution in [3.05, 3.63) is 0 Å². The highest BCUT2D eigenvalue weighted by atomic mass is 16.3. The van der Waals surface area contributed by atoms with E-state index in [-0.39, 0.29) is 0 Å². The van der Waals surface area contributed by atoms with E-state index in [1.807, 2.05) is 0 Å². The summed E-state index contributed by atoms with van der Waals surface area (Å²) in [4.78, 5) is 4.87. The summed E-state index contributed by atoms with van der Waals surface area (Å²) in [7, 11) is 2.23. The van der Waals surface area contributed by atoms with Crippen LogP contribution in [0.4, 0.5) is 0 Å². The van der Waals surface area contributed by atoms with E-state index in [0.29, 0.717) is 6.61 Å². The van der Waals surface area contributed by atoms with E-state index in [1.165, 1.54) is 32.5 Å². The Morgan fingerprint density at radius 3 is 2.85 bits per heavy atom. The Kier molecular flexibility index (Phi) is 2.86. The summed E-state index contributed by atoms with van der Waals surface area (Å²) in [6, 6.07) is 0.764. The first kappa shape index (κ1) is 9.44. The van der Waals surface area contributed by atoms with Gasteiger partial charge in [0.25, 0.3) is 0 Å². The minimum absolute atomic E-state index is 0.307. The Bertz CT molecular complexity index is 174. The van der Waals surface area contributed by atoms with Gasteiger partial charge in [-0.2, -0.15) is 0 Å². The molecule has 2 aliphatic heterocycles. The largest absolute Gasteiger partial charge is 0.395 e. The Morgan fingerprint density at radius 1 is 1.31 bits per heavy atom. The Morgan fingerprint density at radius 2 is 2.08 bits per heavy atom. The Hall–Kier alpha value is -0.120. The Labute approximate surface area is 80.3 Å². The minimum atomic E-state index is 0.307. The fourth-order valence-electron chi connectivity index (χ4n) is 2.76. The second-order valence-corrected chi connectivity index (χ2v) is 4.41. The molecule has 0 aromatic rings. The molecule has 0 aliphatic carbocycles. The van der Waals surface area contributed by atoms with Crippen molar-refractivity contribution in [3.8, 4) is 0 Å². The van der Waals surface area contributed by atoms with E-state index in [0.717, 1.165) is 18.5 Å². The molecule has 0 aromatic heterocycles. The lowest BCUT2D eigenvalue weighted by atomic mass is 9.92. The number of hydrogen-bond donors (Lipinski definition) is 1. The van der Waals surface area contributed by atoms with Crippen LogP contribution >= 0.6 is 0 Å². The zero-order valence-corrected chi connectivity index (χ0v) is 8.45. The maximum absolute atomic E-state index is 8.87. The fourth-order valence-corrected chi connectivity index (χ4v) is 2.76. The van der Waals surface area contributed by atoms with Crippen molar-refractivity contribution in [3.63, 3.8) is 0 Å². The van der Waals surface area contributed by atoms with Gasteiger partial charge in [0, 0.05) is 19.1 Å². The number of aliphatic hydroxyl groups excluding tert-OH is 1. The third-order valence-electron chi connectivity index (χ3n) is 3.64. The summed E-state index contributed by atoms with van der Waals surface area (Å²) >= 11 is 0. The molecule has 1 N–H and O–H groups in total. The van der Waals surface area contributed by atoms with Gasteiger partial charge in [-0.1, -0.05) is 0 Å². The van der Waals surface area contributed by atoms with Crippen LogP contribution < -0.4 is 0 Å². The van der Waals surface area contributed by atoms with Gasteiger partial charge in [0.05, 0.1) is 6.61 Å². The molecule has 2 heterocycles. The minimum Gasteiger partial charge on any atom is -0.395 e. The van der Waals surface area contributed by atoms with Crippen LogP contribution in [0.15, 0.2) is 0 Å². The van der Waals surface area contributed by atoms with E-state index in [9.17, 15) is 0 Å². The van der Waals surface area contributed by atoms with Gasteiger partial charge in [-0.15, -0.1) is 0 Å². The first-order valence-electron chi connectivity index (χ1n) is 5.34. The van der Waals surface area contributed by atoms with Gasteiger partial charge >= 0.3 is 0 Å². The van der Waals surface area contributed by atoms with Crippen molar-refractivity contribution in [2.45, 2.75) is 18.9 Å². The van der Waals surface area contributed by atoms with Gasteiger partial charge in [-0.25, -0.2) is 0 Å². The maximum Gasteiger partial charge on any atom is 0.0558 e. The molecular formula is C10H20N2O. The topological polar surface area (TPSA) is 26.7 Å². The molecular weight excluding hydrogens is 164 g/mol. The van der Waals surface area contributed by atoms with Crippen LogP contribution in [0.1, 0.15) is 12.8 Å². The summed E-state index contributed by atoms with van der Waals surface area (Å²) in [5.74, 6) is 0.931. The average Bonchev–Trinajstić information content (AvgIpc) is 2.49. The van der Waals surface area contributed by atoms with Crippen LogP contribution in [0.3, 0.4) is 0 Å². The number of β-amino-alcohol motifs (C(OH)–C–C–N with tert-alkyl or cyclic N) is 1. The fraction of sp³-hybridized carbons (Fsp3) is 1.00. The van der Waals surface area contributed by atoms with Gasteiger partial charge in [0.2, 0.25) is 0 Å². The van der Waals surface area contributed by atoms with Crippen LogP contribution in [-0.2, 0) is 0 Å². The molecule has 0 radical (unpaired) electrons. The highest BCUT2D eigenvalue weighted by Gasteiger charge is 2.35. The van der Waals surface area contributed by atoms with Crippen LogP contribution in [0.2, 0.25) is 0 Å². The van der Waals surface area contributed by atoms with Crippen LogP contribution in [0.5, 0.6) is 0 Å². The number of hydrogen-bond acceptors (Lipinski definition) is 3. The van der Waals surface area contributed by atoms with Crippen molar-refractivity contribution in [2.75, 3.05) is 39.8 Å². The maximum atomic E-state index is 8.87. The van der Waals surface area contributed by atoms with Crippen molar-refractivity contribution < 1.29 is 5.11 Å². The smallest absolute Gasteiger partial charge is 0.0558 e. The number of likely N-dealkylation sites (N-methyl/N-ethyl adjacent to an activating group) is 1. The molecule has 76 valence electrons. The number of fused-ring (bicyclic) bond motifs is 1. The molecule has 3 heteroatoms. The standard InChI is InChI=1S/C10H20N2O/c1-11-4-2-9-3-5-12(6-7-13)8-10(9)11/h9-10,13H,2-8H2,1H3. The second-order valence-electron chi connectivity index (χ2n) is 4.41. The zero-order chi connectivity index (χ0) is 9.26. The molecule has 2 unspecified atom stereocenters. The lowest BCUT2D eigenvalue weighted by Crippen LogP contribution is -2.47. The van der Waals surface area contributed by atoms with Gasteiger partial charge in [0.15, 0.2) is 0 Å². The predicted octanol–water partition coefficient (Wildman–Crippen LogP) is 0.00470. The monoisotopic (exact) mass is 184 g/mol. The molecule has 0 saturated carbocycles. The normalized spacial score (nSPS) is 36.5. The highest BCUT2D eigenvalue weighted by molar-refractivity contribution is 4.91. The predicted molar refractivity (Wildman–Crippen MR) is 52.7 cm³/mol. The second kappa shape index (κ2) is 3.95. The van der Waals surface area contributed by atoms with Crippen LogP contribution in [-0.4, -0.2) is 60.8 Å². The SMILES string of the molecule is CN1CCC2CCN(CCO)CC21. The van der Waals surface area contributed by atoms with Gasteiger partial charge in [-0.3, -0.25) is 4.90 Å². The lowest BCUT2D eigenvalue weighted by molar-refractivity contribution is 0.101. The van der Waals surface area contributed by atoms with E-state index in [1.54, 1.807) is 0 Å². The summed E-state index contributed by atoms with van der Waals surface area (Å²) in [6.07, 6.45) is 2.71. The average molecular weight is 184 g/mol. The third kappa shape index (κ3) is 1.87. The van der Waals surface area contributed by atoms with E-state index in [4.69, 9.17) is 5.11 Å². The molecule has 0 amide bonds. The number of likely N-dealkylation sites (tertiary alicyclic amines) is 2. The van der Waals surface area contributed by atoms with Crippen molar-refractivity contribution in [2.24, 2.45) is 5.92 Å². The van der Waals surface area contributed by atoms with Gasteiger partial charge in [-0.05, 0) is 38.9 Å². The summed E-state index contributed by atoms with van der Waals surface area (Å²) in [5.41, 5.74) is 0. The molecule has 13 heavy (non-hydrogen) atoms. The van der Waals surface area contributed by atoms with Crippen LogP contribution in [0.25, 0.3) is 0 Å². The van der Waals surface area contributed by atoms with E-state index < -0.39 is 0 Å². The van der Waals surface area contributed by atoms with Gasteiger partial charge in [0.1, 0.15) is 0 Å². The first-order chi connectivity index (χ1) is 6.31. The van der Waals surface area contributed by atoms with Crippen LogP contribution in [0, 0.1) is 5.92 Å². The van der Waals surface area contributed by atoms with E-state index in [2.05, 4.69) is 16.8 Å². The van der Waals surface area contributed by atoms with Crippen molar-refractivity contribution in [1.29, 1.82) is 0 Å². The lowest BCUT2D eigenvalue weighted by Gasteiger charge is -2.37. The quantitative estimate of drug-likeness (QED) is 0.654. The van der Waals surface area contributed by atoms with Crippen molar-refractivity contribution >= 4 is 0 Å². The molecule has 2 saturated heterocycles. The number of aliphatic hydroxyl groups is 1. The molecule has 0 spiro atoms. The molecule has 0 bridgehead atoms. The number of rotatable bonds is 2. The van der Waals surface area contributed by atoms with E-state index >= 15 is 0 Å². The summed E-state index contributed by atoms with van der Waals surface area (Å²) < 4.78 is 0. The number of piperidine rings is 1.